The molecule has 1 aromatic carbocycles. The first kappa shape index (κ1) is 17.1. The molecule has 1 saturated carbocycles. The predicted molar refractivity (Wildman–Crippen MR) is 88.2 cm³/mol. The van der Waals surface area contributed by atoms with Crippen LogP contribution in [0.25, 0.3) is 0 Å². The lowest BCUT2D eigenvalue weighted by Gasteiger charge is -2.21. The number of thiophene rings is 1. The molecule has 1 aromatic heterocycles. The summed E-state index contributed by atoms with van der Waals surface area (Å²) in [7, 11) is -3.87. The van der Waals surface area contributed by atoms with Gasteiger partial charge in [0.15, 0.2) is 0 Å². The Balaban J connectivity index is 1.97. The van der Waals surface area contributed by atoms with Crippen LogP contribution >= 0.6 is 11.3 Å². The molecule has 1 aliphatic carbocycles. The van der Waals surface area contributed by atoms with Crippen molar-refractivity contribution in [3.8, 4) is 0 Å². The van der Waals surface area contributed by atoms with E-state index in [1.165, 1.54) is 16.4 Å². The predicted octanol–water partition coefficient (Wildman–Crippen LogP) is 3.25. The molecular formula is C16H16FNO4S2. The summed E-state index contributed by atoms with van der Waals surface area (Å²) in [5.41, 5.74) is 0.715. The minimum Gasteiger partial charge on any atom is -0.477 e. The largest absolute Gasteiger partial charge is 0.477 e. The molecule has 0 atom stereocenters. The second-order valence-corrected chi connectivity index (χ2v) is 8.93. The van der Waals surface area contributed by atoms with Crippen LogP contribution in [-0.4, -0.2) is 29.8 Å². The number of benzene rings is 1. The van der Waals surface area contributed by atoms with E-state index in [0.717, 1.165) is 24.2 Å². The van der Waals surface area contributed by atoms with Crippen molar-refractivity contribution in [2.75, 3.05) is 0 Å². The fourth-order valence-electron chi connectivity index (χ4n) is 2.48. The normalized spacial score (nSPS) is 15.0. The Morgan fingerprint density at radius 3 is 2.58 bits per heavy atom. The molecule has 0 amide bonds. The Kier molecular flexibility index (Phi) is 4.46. The lowest BCUT2D eigenvalue weighted by Crippen LogP contribution is -2.32. The summed E-state index contributed by atoms with van der Waals surface area (Å²) in [5, 5.41) is 9.13. The molecule has 1 heterocycles. The maximum atomic E-state index is 13.9. The van der Waals surface area contributed by atoms with Crippen LogP contribution in [0.2, 0.25) is 0 Å². The van der Waals surface area contributed by atoms with Crippen molar-refractivity contribution in [1.82, 2.24) is 4.31 Å². The summed E-state index contributed by atoms with van der Waals surface area (Å²) in [5.74, 6) is -1.60. The topological polar surface area (TPSA) is 74.7 Å². The van der Waals surface area contributed by atoms with Gasteiger partial charge in [0.1, 0.15) is 14.9 Å². The van der Waals surface area contributed by atoms with Crippen molar-refractivity contribution >= 4 is 27.3 Å². The minimum absolute atomic E-state index is 0.00946. The second-order valence-electron chi connectivity index (χ2n) is 5.76. The van der Waals surface area contributed by atoms with Crippen LogP contribution in [0, 0.1) is 12.7 Å². The van der Waals surface area contributed by atoms with E-state index in [9.17, 15) is 17.6 Å². The Labute approximate surface area is 143 Å². The highest BCUT2D eigenvalue weighted by Gasteiger charge is 2.39. The number of rotatable bonds is 6. The summed E-state index contributed by atoms with van der Waals surface area (Å²) < 4.78 is 41.0. The van der Waals surface area contributed by atoms with E-state index in [1.54, 1.807) is 25.1 Å². The van der Waals surface area contributed by atoms with Gasteiger partial charge in [-0.25, -0.2) is 17.6 Å². The van der Waals surface area contributed by atoms with Crippen LogP contribution in [0.1, 0.15) is 33.6 Å². The Hall–Kier alpha value is -1.77. The molecule has 3 rings (SSSR count). The molecule has 0 saturated heterocycles. The van der Waals surface area contributed by atoms with E-state index in [-0.39, 0.29) is 21.7 Å². The third-order valence-electron chi connectivity index (χ3n) is 3.89. The molecule has 1 aliphatic rings. The summed E-state index contributed by atoms with van der Waals surface area (Å²) >= 11 is 0.740. The number of nitrogens with zero attached hydrogens (tertiary/aromatic N) is 1. The number of carbonyl (C=O) groups is 1. The van der Waals surface area contributed by atoms with Crippen molar-refractivity contribution in [2.45, 2.75) is 36.6 Å². The second kappa shape index (κ2) is 6.27. The number of halogens is 1. The average Bonchev–Trinajstić information content (AvgIpc) is 3.26. The first-order chi connectivity index (χ1) is 11.3. The third-order valence-corrected chi connectivity index (χ3v) is 7.46. The number of sulfonamides is 1. The highest BCUT2D eigenvalue weighted by atomic mass is 32.2. The first-order valence-electron chi connectivity index (χ1n) is 7.39. The maximum Gasteiger partial charge on any atom is 0.346 e. The molecule has 5 nitrogen and oxygen atoms in total. The van der Waals surface area contributed by atoms with E-state index >= 15 is 0 Å². The van der Waals surface area contributed by atoms with Gasteiger partial charge in [-0.3, -0.25) is 0 Å². The molecule has 0 spiro atoms. The van der Waals surface area contributed by atoms with Gasteiger partial charge >= 0.3 is 5.97 Å². The Morgan fingerprint density at radius 1 is 1.38 bits per heavy atom. The molecule has 0 bridgehead atoms. The SMILES string of the molecule is Cc1cc(S(=O)(=O)N(Cc2ccccc2F)C2CC2)sc1C(=O)O. The first-order valence-corrected chi connectivity index (χ1v) is 9.65. The third kappa shape index (κ3) is 3.22. The lowest BCUT2D eigenvalue weighted by atomic mass is 10.2. The quantitative estimate of drug-likeness (QED) is 0.848. The van der Waals surface area contributed by atoms with Crippen molar-refractivity contribution in [1.29, 1.82) is 0 Å². The van der Waals surface area contributed by atoms with Crippen LogP contribution in [0.15, 0.2) is 34.5 Å². The molecule has 1 N–H and O–H groups in total. The molecular weight excluding hydrogens is 353 g/mol. The van der Waals surface area contributed by atoms with Crippen LogP contribution < -0.4 is 0 Å². The van der Waals surface area contributed by atoms with Crippen molar-refractivity contribution in [3.05, 3.63) is 52.2 Å². The molecule has 0 unspecified atom stereocenters. The number of carboxylic acids is 1. The maximum absolute atomic E-state index is 13.9. The van der Waals surface area contributed by atoms with Gasteiger partial charge in [-0.2, -0.15) is 4.31 Å². The van der Waals surface area contributed by atoms with Crippen LogP contribution in [0.5, 0.6) is 0 Å². The number of aryl methyl sites for hydroxylation is 1. The van der Waals surface area contributed by atoms with Gasteiger partial charge < -0.3 is 5.11 Å². The molecule has 128 valence electrons. The Morgan fingerprint density at radius 2 is 2.04 bits per heavy atom. The highest BCUT2D eigenvalue weighted by Crippen LogP contribution is 2.36. The lowest BCUT2D eigenvalue weighted by molar-refractivity contribution is 0.0701. The molecule has 24 heavy (non-hydrogen) atoms. The van der Waals surface area contributed by atoms with Gasteiger partial charge in [-0.15, -0.1) is 11.3 Å². The number of aromatic carboxylic acids is 1. The molecule has 2 aromatic rings. The van der Waals surface area contributed by atoms with Crippen molar-refractivity contribution < 1.29 is 22.7 Å². The smallest absolute Gasteiger partial charge is 0.346 e. The summed E-state index contributed by atoms with van der Waals surface area (Å²) in [6.45, 7) is 1.51. The van der Waals surface area contributed by atoms with E-state index in [1.807, 2.05) is 0 Å². The van der Waals surface area contributed by atoms with E-state index in [0.29, 0.717) is 11.1 Å². The van der Waals surface area contributed by atoms with Gasteiger partial charge in [0.25, 0.3) is 10.0 Å². The monoisotopic (exact) mass is 369 g/mol. The van der Waals surface area contributed by atoms with Crippen molar-refractivity contribution in [2.24, 2.45) is 0 Å². The molecule has 0 radical (unpaired) electrons. The van der Waals surface area contributed by atoms with Gasteiger partial charge in [-0.1, -0.05) is 18.2 Å². The zero-order valence-electron chi connectivity index (χ0n) is 12.9. The number of hydrogen-bond donors (Lipinski definition) is 1. The van der Waals surface area contributed by atoms with Crippen LogP contribution in [0.3, 0.4) is 0 Å². The number of hydrogen-bond acceptors (Lipinski definition) is 4. The standard InChI is InChI=1S/C16H16FNO4S2/c1-10-8-14(23-15(10)16(19)20)24(21,22)18(12-6-7-12)9-11-4-2-3-5-13(11)17/h2-5,8,12H,6-7,9H2,1H3,(H,19,20). The zero-order valence-corrected chi connectivity index (χ0v) is 14.5. The Bertz CT molecular complexity index is 887. The van der Waals surface area contributed by atoms with Gasteiger partial charge in [0.05, 0.1) is 0 Å². The van der Waals surface area contributed by atoms with Crippen molar-refractivity contribution in [3.63, 3.8) is 0 Å². The fourth-order valence-corrected chi connectivity index (χ4v) is 5.65. The van der Waals surface area contributed by atoms with Gasteiger partial charge in [0, 0.05) is 18.2 Å². The van der Waals surface area contributed by atoms with E-state index in [4.69, 9.17) is 5.11 Å². The summed E-state index contributed by atoms with van der Waals surface area (Å²) in [6, 6.07) is 7.28. The molecule has 8 heteroatoms. The molecule has 0 aliphatic heterocycles. The fraction of sp³-hybridized carbons (Fsp3) is 0.312. The summed E-state index contributed by atoms with van der Waals surface area (Å²) in [4.78, 5) is 11.2. The van der Waals surface area contributed by atoms with Crippen LogP contribution in [0.4, 0.5) is 4.39 Å². The summed E-state index contributed by atoms with van der Waals surface area (Å²) in [6.07, 6.45) is 1.45. The van der Waals surface area contributed by atoms with E-state index < -0.39 is 21.8 Å². The van der Waals surface area contributed by atoms with Crippen LogP contribution in [-0.2, 0) is 16.6 Å². The van der Waals surface area contributed by atoms with E-state index in [2.05, 4.69) is 0 Å². The zero-order chi connectivity index (χ0) is 17.5. The number of carboxylic acid groups (broad SMARTS) is 1. The average molecular weight is 369 g/mol. The highest BCUT2D eigenvalue weighted by molar-refractivity contribution is 7.91. The van der Waals surface area contributed by atoms with Gasteiger partial charge in [-0.05, 0) is 37.5 Å². The molecule has 1 fully saturated rings. The minimum atomic E-state index is -3.87. The van der Waals surface area contributed by atoms with Gasteiger partial charge in [0.2, 0.25) is 0 Å².